The van der Waals surface area contributed by atoms with Crippen LogP contribution in [-0.2, 0) is 0 Å². The van der Waals surface area contributed by atoms with Crippen LogP contribution in [0.2, 0.25) is 0 Å². The van der Waals surface area contributed by atoms with E-state index in [4.69, 9.17) is 0 Å². The number of halogens is 1. The highest BCUT2D eigenvalue weighted by Crippen LogP contribution is 2.23. The molecule has 0 radical (unpaired) electrons. The lowest BCUT2D eigenvalue weighted by atomic mass is 10.1. The van der Waals surface area contributed by atoms with Crippen molar-refractivity contribution < 1.29 is 15.0 Å². The average molecular weight is 349 g/mol. The van der Waals surface area contributed by atoms with E-state index in [2.05, 4.69) is 26.5 Å². The molecule has 0 bridgehead atoms. The second-order valence-corrected chi connectivity index (χ2v) is 5.17. The fourth-order valence-electron chi connectivity index (χ4n) is 1.73. The third kappa shape index (κ3) is 3.61. The van der Waals surface area contributed by atoms with E-state index in [1.54, 1.807) is 25.1 Å². The monoisotopic (exact) mass is 348 g/mol. The zero-order chi connectivity index (χ0) is 15.4. The highest BCUT2D eigenvalue weighted by Gasteiger charge is 2.10. The van der Waals surface area contributed by atoms with E-state index < -0.39 is 0 Å². The first-order chi connectivity index (χ1) is 9.99. The van der Waals surface area contributed by atoms with Crippen LogP contribution in [0.5, 0.6) is 11.5 Å². The number of benzene rings is 2. The molecule has 0 aliphatic carbocycles. The van der Waals surface area contributed by atoms with Crippen LogP contribution >= 0.6 is 15.9 Å². The van der Waals surface area contributed by atoms with Crippen LogP contribution in [0.15, 0.2) is 52.0 Å². The molecule has 21 heavy (non-hydrogen) atoms. The molecule has 2 aromatic carbocycles. The Morgan fingerprint density at radius 3 is 2.52 bits per heavy atom. The number of phenolic OH excluding ortho intramolecular Hbond substituents is 2. The minimum atomic E-state index is -0.361. The van der Waals surface area contributed by atoms with Crippen LogP contribution in [0.4, 0.5) is 0 Å². The van der Waals surface area contributed by atoms with Crippen molar-refractivity contribution >= 4 is 27.5 Å². The zero-order valence-corrected chi connectivity index (χ0v) is 12.8. The van der Waals surface area contributed by atoms with Gasteiger partial charge in [-0.3, -0.25) is 4.79 Å². The summed E-state index contributed by atoms with van der Waals surface area (Å²) in [6.45, 7) is 1.65. The SMILES string of the molecule is CC(=NNC(=O)c1ccccc1Br)c1ccc(O)cc1O. The number of hydrogen-bond acceptors (Lipinski definition) is 4. The molecular formula is C15H13BrN2O3. The lowest BCUT2D eigenvalue weighted by Gasteiger charge is -2.06. The van der Waals surface area contributed by atoms with Gasteiger partial charge < -0.3 is 10.2 Å². The van der Waals surface area contributed by atoms with Gasteiger partial charge in [0.2, 0.25) is 0 Å². The number of rotatable bonds is 3. The molecule has 0 heterocycles. The molecule has 0 saturated heterocycles. The van der Waals surface area contributed by atoms with Crippen molar-refractivity contribution in [2.24, 2.45) is 5.10 Å². The number of nitrogens with one attached hydrogen (secondary N) is 1. The Hall–Kier alpha value is -2.34. The smallest absolute Gasteiger partial charge is 0.272 e. The minimum Gasteiger partial charge on any atom is -0.508 e. The van der Waals surface area contributed by atoms with Crippen molar-refractivity contribution in [2.45, 2.75) is 6.92 Å². The zero-order valence-electron chi connectivity index (χ0n) is 11.2. The molecule has 5 nitrogen and oxygen atoms in total. The van der Waals surface area contributed by atoms with Crippen molar-refractivity contribution in [3.8, 4) is 11.5 Å². The van der Waals surface area contributed by atoms with E-state index in [1.165, 1.54) is 18.2 Å². The number of aromatic hydroxyl groups is 2. The predicted molar refractivity (Wildman–Crippen MR) is 83.6 cm³/mol. The molecule has 108 valence electrons. The molecule has 0 atom stereocenters. The van der Waals surface area contributed by atoms with Crippen LogP contribution in [0.1, 0.15) is 22.8 Å². The van der Waals surface area contributed by atoms with Gasteiger partial charge in [-0.15, -0.1) is 0 Å². The first-order valence-corrected chi connectivity index (χ1v) is 6.90. The third-order valence-electron chi connectivity index (χ3n) is 2.81. The molecule has 6 heteroatoms. The number of phenols is 2. The second-order valence-electron chi connectivity index (χ2n) is 4.32. The van der Waals surface area contributed by atoms with Crippen LogP contribution in [0.3, 0.4) is 0 Å². The topological polar surface area (TPSA) is 81.9 Å². The molecule has 2 aromatic rings. The van der Waals surface area contributed by atoms with Gasteiger partial charge in [0.1, 0.15) is 11.5 Å². The molecule has 0 saturated carbocycles. The standard InChI is InChI=1S/C15H13BrN2O3/c1-9(11-7-6-10(19)8-14(11)20)17-18-15(21)12-4-2-3-5-13(12)16/h2-8,19-20H,1H3,(H,18,21). The van der Waals surface area contributed by atoms with E-state index in [9.17, 15) is 15.0 Å². The van der Waals surface area contributed by atoms with Gasteiger partial charge in [0, 0.05) is 16.1 Å². The first kappa shape index (κ1) is 15.1. The predicted octanol–water partition coefficient (Wildman–Crippen LogP) is 3.01. The highest BCUT2D eigenvalue weighted by molar-refractivity contribution is 9.10. The fourth-order valence-corrected chi connectivity index (χ4v) is 2.19. The van der Waals surface area contributed by atoms with E-state index in [1.807, 2.05) is 6.07 Å². The van der Waals surface area contributed by atoms with Gasteiger partial charge in [-0.25, -0.2) is 5.43 Å². The van der Waals surface area contributed by atoms with Crippen LogP contribution in [0, 0.1) is 0 Å². The van der Waals surface area contributed by atoms with Gasteiger partial charge in [-0.05, 0) is 47.1 Å². The summed E-state index contributed by atoms with van der Waals surface area (Å²) in [5.74, 6) is -0.507. The van der Waals surface area contributed by atoms with Gasteiger partial charge in [-0.2, -0.15) is 5.10 Å². The van der Waals surface area contributed by atoms with Gasteiger partial charge in [0.15, 0.2) is 0 Å². The molecule has 2 rings (SSSR count). The Balaban J connectivity index is 2.17. The van der Waals surface area contributed by atoms with Crippen molar-refractivity contribution in [3.05, 3.63) is 58.1 Å². The molecule has 3 N–H and O–H groups in total. The van der Waals surface area contributed by atoms with Crippen molar-refractivity contribution in [1.29, 1.82) is 0 Å². The second kappa shape index (κ2) is 6.41. The van der Waals surface area contributed by atoms with Crippen molar-refractivity contribution in [1.82, 2.24) is 5.43 Å². The normalized spacial score (nSPS) is 11.2. The van der Waals surface area contributed by atoms with Crippen LogP contribution in [0.25, 0.3) is 0 Å². The summed E-state index contributed by atoms with van der Waals surface area (Å²) in [7, 11) is 0. The summed E-state index contributed by atoms with van der Waals surface area (Å²) in [5, 5.41) is 22.9. The van der Waals surface area contributed by atoms with Crippen LogP contribution < -0.4 is 5.43 Å². The fraction of sp³-hybridized carbons (Fsp3) is 0.0667. The van der Waals surface area contributed by atoms with E-state index in [-0.39, 0.29) is 17.4 Å². The molecule has 0 spiro atoms. The largest absolute Gasteiger partial charge is 0.508 e. The van der Waals surface area contributed by atoms with Gasteiger partial charge in [-0.1, -0.05) is 12.1 Å². The van der Waals surface area contributed by atoms with Crippen molar-refractivity contribution in [3.63, 3.8) is 0 Å². The minimum absolute atomic E-state index is 0.0405. The Morgan fingerprint density at radius 2 is 1.86 bits per heavy atom. The quantitative estimate of drug-likeness (QED) is 0.589. The third-order valence-corrected chi connectivity index (χ3v) is 3.51. The van der Waals surface area contributed by atoms with E-state index in [0.29, 0.717) is 21.3 Å². The summed E-state index contributed by atoms with van der Waals surface area (Å²) in [5.41, 5.74) is 3.74. The molecule has 0 aliphatic heterocycles. The lowest BCUT2D eigenvalue weighted by molar-refractivity contribution is 0.0954. The highest BCUT2D eigenvalue weighted by atomic mass is 79.9. The first-order valence-electron chi connectivity index (χ1n) is 6.10. The van der Waals surface area contributed by atoms with E-state index in [0.717, 1.165) is 0 Å². The van der Waals surface area contributed by atoms with E-state index >= 15 is 0 Å². The Kier molecular flexibility index (Phi) is 4.59. The molecular weight excluding hydrogens is 336 g/mol. The summed E-state index contributed by atoms with van der Waals surface area (Å²) in [6, 6.07) is 11.2. The lowest BCUT2D eigenvalue weighted by Crippen LogP contribution is -2.19. The maximum Gasteiger partial charge on any atom is 0.272 e. The molecule has 1 amide bonds. The number of hydrogen-bond donors (Lipinski definition) is 3. The van der Waals surface area contributed by atoms with Gasteiger partial charge in [0.05, 0.1) is 11.3 Å². The number of amides is 1. The molecule has 0 aromatic heterocycles. The average Bonchev–Trinajstić information content (AvgIpc) is 2.45. The molecule has 0 unspecified atom stereocenters. The van der Waals surface area contributed by atoms with Gasteiger partial charge in [0.25, 0.3) is 5.91 Å². The van der Waals surface area contributed by atoms with Crippen molar-refractivity contribution in [2.75, 3.05) is 0 Å². The maximum atomic E-state index is 12.0. The Labute approximate surface area is 130 Å². The maximum absolute atomic E-state index is 12.0. The summed E-state index contributed by atoms with van der Waals surface area (Å²) >= 11 is 3.29. The van der Waals surface area contributed by atoms with Crippen LogP contribution in [-0.4, -0.2) is 21.8 Å². The summed E-state index contributed by atoms with van der Waals surface area (Å²) < 4.78 is 0.669. The summed E-state index contributed by atoms with van der Waals surface area (Å²) in [4.78, 5) is 12.0. The molecule has 0 aliphatic rings. The Bertz CT molecular complexity index is 714. The molecule has 0 fully saturated rings. The summed E-state index contributed by atoms with van der Waals surface area (Å²) in [6.07, 6.45) is 0. The number of carbonyl (C=O) groups excluding carboxylic acids is 1. The number of hydrazone groups is 1. The Morgan fingerprint density at radius 1 is 1.14 bits per heavy atom. The number of carbonyl (C=O) groups is 1. The number of nitrogens with zero attached hydrogens (tertiary/aromatic N) is 1. The van der Waals surface area contributed by atoms with Gasteiger partial charge >= 0.3 is 0 Å².